The number of hydrogen-bond donors (Lipinski definition) is 1. The van der Waals surface area contributed by atoms with Crippen molar-refractivity contribution in [1.29, 1.82) is 0 Å². The van der Waals surface area contributed by atoms with Gasteiger partial charge in [0.1, 0.15) is 11.7 Å². The molecule has 1 heterocycles. The summed E-state index contributed by atoms with van der Waals surface area (Å²) in [4.78, 5) is 14.5. The maximum absolute atomic E-state index is 6.34. The monoisotopic (exact) mass is 443 g/mol. The lowest BCUT2D eigenvalue weighted by atomic mass is 10.1. The molecule has 5 rings (SSSR count). The first-order valence-electron chi connectivity index (χ1n) is 11.2. The maximum Gasteiger partial charge on any atom is 0.157 e. The molecule has 1 aromatic heterocycles. The van der Waals surface area contributed by atoms with E-state index >= 15 is 0 Å². The topological polar surface area (TPSA) is 68.6 Å². The maximum atomic E-state index is 6.34. The predicted octanol–water partition coefficient (Wildman–Crippen LogP) is 5.59. The van der Waals surface area contributed by atoms with E-state index in [1.807, 2.05) is 98.0 Å². The van der Waals surface area contributed by atoms with Crippen LogP contribution >= 0.6 is 0 Å². The summed E-state index contributed by atoms with van der Waals surface area (Å²) in [7, 11) is 2.05. The highest BCUT2D eigenvalue weighted by Crippen LogP contribution is 2.27. The summed E-state index contributed by atoms with van der Waals surface area (Å²) in [6.07, 6.45) is 0. The largest absolute Gasteiger partial charge is 0.383 e. The molecule has 0 saturated carbocycles. The summed E-state index contributed by atoms with van der Waals surface area (Å²) in [6, 6.07) is 36.1. The first kappa shape index (κ1) is 21.3. The van der Waals surface area contributed by atoms with Crippen LogP contribution in [0.25, 0.3) is 22.4 Å². The fraction of sp³-hybridized carbons (Fsp3) is 0.0690. The Morgan fingerprint density at radius 3 is 2.12 bits per heavy atom. The molecule has 0 amide bonds. The number of amidine groups is 2. The Balaban J connectivity index is 1.55. The summed E-state index contributed by atoms with van der Waals surface area (Å²) < 4.78 is 2.13. The van der Waals surface area contributed by atoms with Crippen molar-refractivity contribution in [2.75, 3.05) is 0 Å². The van der Waals surface area contributed by atoms with Gasteiger partial charge in [-0.2, -0.15) is 0 Å². The molecule has 0 aliphatic carbocycles. The van der Waals surface area contributed by atoms with Gasteiger partial charge in [-0.05, 0) is 17.7 Å². The van der Waals surface area contributed by atoms with E-state index in [1.165, 1.54) is 0 Å². The van der Waals surface area contributed by atoms with Gasteiger partial charge in [0.25, 0.3) is 0 Å². The van der Waals surface area contributed by atoms with Crippen molar-refractivity contribution < 1.29 is 0 Å². The third-order valence-corrected chi connectivity index (χ3v) is 5.77. The highest BCUT2D eigenvalue weighted by Gasteiger charge is 2.13. The number of aliphatic imine (C=N–C) groups is 2. The van der Waals surface area contributed by atoms with Crippen LogP contribution in [0.4, 0.5) is 0 Å². The summed E-state index contributed by atoms with van der Waals surface area (Å²) >= 11 is 0. The average Bonchev–Trinajstić information content (AvgIpc) is 3.24. The summed E-state index contributed by atoms with van der Waals surface area (Å²) in [5.41, 5.74) is 12.3. The fourth-order valence-corrected chi connectivity index (χ4v) is 3.99. The van der Waals surface area contributed by atoms with E-state index in [0.717, 1.165) is 39.1 Å². The molecule has 5 nitrogen and oxygen atoms in total. The van der Waals surface area contributed by atoms with Crippen LogP contribution in [-0.2, 0) is 13.6 Å². The lowest BCUT2D eigenvalue weighted by molar-refractivity contribution is 0.950. The van der Waals surface area contributed by atoms with E-state index in [-0.39, 0.29) is 0 Å². The number of nitrogens with zero attached hydrogens (tertiary/aromatic N) is 4. The molecule has 0 atom stereocenters. The average molecular weight is 444 g/mol. The smallest absolute Gasteiger partial charge is 0.157 e. The molecule has 0 aliphatic heterocycles. The minimum atomic E-state index is 0.437. The molecule has 0 radical (unpaired) electrons. The molecular weight excluding hydrogens is 418 g/mol. The molecule has 34 heavy (non-hydrogen) atoms. The van der Waals surface area contributed by atoms with Crippen LogP contribution in [0.1, 0.15) is 16.7 Å². The molecule has 0 fully saturated rings. The van der Waals surface area contributed by atoms with Gasteiger partial charge >= 0.3 is 0 Å². The van der Waals surface area contributed by atoms with Gasteiger partial charge in [0.15, 0.2) is 5.84 Å². The van der Waals surface area contributed by atoms with Crippen LogP contribution in [0.15, 0.2) is 119 Å². The van der Waals surface area contributed by atoms with Crippen molar-refractivity contribution in [3.63, 3.8) is 0 Å². The van der Waals surface area contributed by atoms with Crippen molar-refractivity contribution >= 4 is 22.7 Å². The van der Waals surface area contributed by atoms with Crippen molar-refractivity contribution in [3.8, 4) is 11.4 Å². The Morgan fingerprint density at radius 1 is 0.765 bits per heavy atom. The Bertz CT molecular complexity index is 1480. The van der Waals surface area contributed by atoms with Crippen LogP contribution in [0.5, 0.6) is 0 Å². The fourth-order valence-electron chi connectivity index (χ4n) is 3.99. The number of benzene rings is 4. The number of aromatic nitrogens is 2. The minimum absolute atomic E-state index is 0.437. The zero-order valence-corrected chi connectivity index (χ0v) is 19.0. The molecule has 4 aromatic carbocycles. The highest BCUT2D eigenvalue weighted by atomic mass is 15.1. The third-order valence-electron chi connectivity index (χ3n) is 5.77. The van der Waals surface area contributed by atoms with Crippen molar-refractivity contribution in [2.24, 2.45) is 22.8 Å². The number of nitrogens with two attached hydrogens (primary N) is 1. The lowest BCUT2D eigenvalue weighted by Crippen LogP contribution is -2.16. The number of hydrogen-bond acceptors (Lipinski definition) is 2. The van der Waals surface area contributed by atoms with Gasteiger partial charge in [-0.25, -0.2) is 9.98 Å². The van der Waals surface area contributed by atoms with Gasteiger partial charge in [-0.1, -0.05) is 97.1 Å². The summed E-state index contributed by atoms with van der Waals surface area (Å²) in [5.74, 6) is 1.95. The second kappa shape index (κ2) is 9.55. The van der Waals surface area contributed by atoms with Crippen LogP contribution < -0.4 is 5.73 Å². The van der Waals surface area contributed by atoms with E-state index in [2.05, 4.69) is 22.8 Å². The third kappa shape index (κ3) is 4.36. The van der Waals surface area contributed by atoms with Gasteiger partial charge in [-0.15, -0.1) is 0 Å². The van der Waals surface area contributed by atoms with Crippen LogP contribution in [0, 0.1) is 0 Å². The van der Waals surface area contributed by atoms with E-state index in [0.29, 0.717) is 18.2 Å². The molecule has 0 bridgehead atoms. The standard InChI is InChI=1S/C29H25N5/c1-34-26-19-11-10-18-25(26)32-29(34)24-17-9-8-16-23(24)20-31-28(22-14-6-3-7-15-22)33-27(30)21-12-4-2-5-13-21/h2-19H,20H2,1H3,(H2,30,31,33). The number of imidazole rings is 1. The van der Waals surface area contributed by atoms with Crippen LogP contribution in [-0.4, -0.2) is 21.2 Å². The van der Waals surface area contributed by atoms with Crippen LogP contribution in [0.2, 0.25) is 0 Å². The quantitative estimate of drug-likeness (QED) is 0.284. The van der Waals surface area contributed by atoms with E-state index in [9.17, 15) is 0 Å². The first-order chi connectivity index (χ1) is 16.7. The number of para-hydroxylation sites is 2. The zero-order chi connectivity index (χ0) is 23.3. The van der Waals surface area contributed by atoms with Crippen molar-refractivity contribution in [2.45, 2.75) is 6.54 Å². The molecule has 5 aromatic rings. The molecule has 166 valence electrons. The molecule has 0 saturated heterocycles. The van der Waals surface area contributed by atoms with Crippen LogP contribution in [0.3, 0.4) is 0 Å². The predicted molar refractivity (Wildman–Crippen MR) is 140 cm³/mol. The Labute approximate surface area is 199 Å². The van der Waals surface area contributed by atoms with E-state index in [4.69, 9.17) is 20.7 Å². The zero-order valence-electron chi connectivity index (χ0n) is 19.0. The van der Waals surface area contributed by atoms with Gasteiger partial charge in [-0.3, -0.25) is 4.99 Å². The molecule has 0 spiro atoms. The number of aryl methyl sites for hydroxylation is 1. The molecular formula is C29H25N5. The van der Waals surface area contributed by atoms with Gasteiger partial charge in [0.05, 0.1) is 17.6 Å². The van der Waals surface area contributed by atoms with E-state index < -0.39 is 0 Å². The SMILES string of the molecule is Cn1c(-c2ccccc2C/N=C(\N=C(/N)c2ccccc2)c2ccccc2)nc2ccccc21. The Kier molecular flexibility index (Phi) is 5.99. The Morgan fingerprint density at radius 2 is 1.38 bits per heavy atom. The lowest BCUT2D eigenvalue weighted by Gasteiger charge is -2.09. The molecule has 0 aliphatic rings. The van der Waals surface area contributed by atoms with Gasteiger partial charge in [0.2, 0.25) is 0 Å². The normalized spacial score (nSPS) is 12.3. The first-order valence-corrected chi connectivity index (χ1v) is 11.2. The summed E-state index contributed by atoms with van der Waals surface area (Å²) in [6.45, 7) is 0.454. The minimum Gasteiger partial charge on any atom is -0.383 e. The molecule has 5 heteroatoms. The summed E-state index contributed by atoms with van der Waals surface area (Å²) in [5, 5.41) is 0. The number of rotatable bonds is 5. The Hall–Kier alpha value is -4.51. The van der Waals surface area contributed by atoms with Crippen molar-refractivity contribution in [3.05, 3.63) is 126 Å². The van der Waals surface area contributed by atoms with Gasteiger partial charge in [0, 0.05) is 23.7 Å². The molecule has 0 unspecified atom stereocenters. The molecule has 2 N–H and O–H groups in total. The number of fused-ring (bicyclic) bond motifs is 1. The van der Waals surface area contributed by atoms with Gasteiger partial charge < -0.3 is 10.3 Å². The van der Waals surface area contributed by atoms with Crippen molar-refractivity contribution in [1.82, 2.24) is 9.55 Å². The second-order valence-electron chi connectivity index (χ2n) is 8.01. The highest BCUT2D eigenvalue weighted by molar-refractivity contribution is 6.10. The second-order valence-corrected chi connectivity index (χ2v) is 8.01. The van der Waals surface area contributed by atoms with E-state index in [1.54, 1.807) is 0 Å².